The molecule has 0 aromatic heterocycles. The summed E-state index contributed by atoms with van der Waals surface area (Å²) in [7, 11) is 0. The Morgan fingerprint density at radius 1 is 0.962 bits per heavy atom. The summed E-state index contributed by atoms with van der Waals surface area (Å²) in [5, 5.41) is 17.1. The Morgan fingerprint density at radius 3 is 2.38 bits per heavy atom. The van der Waals surface area contributed by atoms with Gasteiger partial charge in [0.25, 0.3) is 0 Å². The van der Waals surface area contributed by atoms with Crippen molar-refractivity contribution >= 4 is 33.9 Å². The lowest BCUT2D eigenvalue weighted by molar-refractivity contribution is 0.262. The second kappa shape index (κ2) is 7.78. The minimum absolute atomic E-state index is 0.166. The molecule has 0 spiro atoms. The first-order valence-corrected chi connectivity index (χ1v) is 8.75. The molecular formula is C21H23N3O2. The molecule has 3 aromatic rings. The maximum atomic E-state index is 12.3. The first-order chi connectivity index (χ1) is 12.6. The van der Waals surface area contributed by atoms with Crippen molar-refractivity contribution in [1.82, 2.24) is 0 Å². The van der Waals surface area contributed by atoms with Crippen molar-refractivity contribution < 1.29 is 9.90 Å². The minimum Gasteiger partial charge on any atom is -0.508 e. The van der Waals surface area contributed by atoms with Gasteiger partial charge in [-0.3, -0.25) is 0 Å². The van der Waals surface area contributed by atoms with Gasteiger partial charge in [-0.15, -0.1) is 0 Å². The lowest BCUT2D eigenvalue weighted by Gasteiger charge is -2.21. The molecule has 0 saturated heterocycles. The van der Waals surface area contributed by atoms with E-state index in [0.29, 0.717) is 5.69 Å². The van der Waals surface area contributed by atoms with Crippen LogP contribution in [-0.4, -0.2) is 24.2 Å². The zero-order valence-corrected chi connectivity index (χ0v) is 15.0. The largest absolute Gasteiger partial charge is 0.508 e. The smallest absolute Gasteiger partial charge is 0.323 e. The molecule has 0 aliphatic rings. The van der Waals surface area contributed by atoms with Crippen molar-refractivity contribution in [3.05, 3.63) is 60.7 Å². The van der Waals surface area contributed by atoms with Gasteiger partial charge in [0.05, 0.1) is 5.69 Å². The highest BCUT2D eigenvalue weighted by atomic mass is 16.3. The van der Waals surface area contributed by atoms with Gasteiger partial charge in [-0.25, -0.2) is 4.79 Å². The van der Waals surface area contributed by atoms with Gasteiger partial charge in [-0.2, -0.15) is 0 Å². The highest BCUT2D eigenvalue weighted by Crippen LogP contribution is 2.27. The van der Waals surface area contributed by atoms with Gasteiger partial charge in [-0.05, 0) is 61.7 Å². The average molecular weight is 349 g/mol. The number of nitrogens with one attached hydrogen (secondary N) is 2. The van der Waals surface area contributed by atoms with Crippen LogP contribution >= 0.6 is 0 Å². The van der Waals surface area contributed by atoms with Crippen LogP contribution in [-0.2, 0) is 0 Å². The first-order valence-electron chi connectivity index (χ1n) is 8.75. The Kier molecular flexibility index (Phi) is 5.27. The molecule has 0 bridgehead atoms. The number of phenols is 1. The van der Waals surface area contributed by atoms with Gasteiger partial charge < -0.3 is 20.6 Å². The third-order valence-electron chi connectivity index (χ3n) is 4.37. The molecule has 0 aliphatic heterocycles. The highest BCUT2D eigenvalue weighted by Gasteiger charge is 2.08. The first kappa shape index (κ1) is 17.6. The van der Waals surface area contributed by atoms with E-state index in [1.165, 1.54) is 0 Å². The normalized spacial score (nSPS) is 10.5. The van der Waals surface area contributed by atoms with Gasteiger partial charge in [0.15, 0.2) is 0 Å². The van der Waals surface area contributed by atoms with Crippen LogP contribution in [0.3, 0.4) is 0 Å². The van der Waals surface area contributed by atoms with Crippen LogP contribution in [0.5, 0.6) is 5.75 Å². The highest BCUT2D eigenvalue weighted by molar-refractivity contribution is 6.06. The molecule has 0 heterocycles. The third kappa shape index (κ3) is 3.88. The number of benzene rings is 3. The molecule has 0 atom stereocenters. The quantitative estimate of drug-likeness (QED) is 0.605. The molecule has 0 saturated carbocycles. The molecule has 3 aromatic carbocycles. The summed E-state index contributed by atoms with van der Waals surface area (Å²) in [5.41, 5.74) is 2.50. The number of carbonyl (C=O) groups is 1. The van der Waals surface area contributed by atoms with Crippen LogP contribution < -0.4 is 15.5 Å². The van der Waals surface area contributed by atoms with Crippen molar-refractivity contribution in [3.8, 4) is 5.75 Å². The monoisotopic (exact) mass is 349 g/mol. The zero-order valence-electron chi connectivity index (χ0n) is 15.0. The van der Waals surface area contributed by atoms with Crippen molar-refractivity contribution in [3.63, 3.8) is 0 Å². The lowest BCUT2D eigenvalue weighted by Crippen LogP contribution is -2.22. The van der Waals surface area contributed by atoms with Gasteiger partial charge >= 0.3 is 6.03 Å². The maximum absolute atomic E-state index is 12.3. The fourth-order valence-electron chi connectivity index (χ4n) is 3.00. The fraction of sp³-hybridized carbons (Fsp3) is 0.190. The summed E-state index contributed by atoms with van der Waals surface area (Å²) in [4.78, 5) is 14.6. The molecule has 134 valence electrons. The minimum atomic E-state index is -0.323. The summed E-state index contributed by atoms with van der Waals surface area (Å²) in [5.74, 6) is 0.166. The third-order valence-corrected chi connectivity index (χ3v) is 4.37. The Morgan fingerprint density at radius 2 is 1.69 bits per heavy atom. The predicted molar refractivity (Wildman–Crippen MR) is 108 cm³/mol. The zero-order chi connectivity index (χ0) is 18.5. The van der Waals surface area contributed by atoms with Crippen LogP contribution in [0.2, 0.25) is 0 Å². The van der Waals surface area contributed by atoms with E-state index in [9.17, 15) is 9.90 Å². The Bertz CT molecular complexity index is 903. The van der Waals surface area contributed by atoms with Gasteiger partial charge in [-0.1, -0.05) is 18.2 Å². The van der Waals surface area contributed by atoms with E-state index >= 15 is 0 Å². The van der Waals surface area contributed by atoms with E-state index in [-0.39, 0.29) is 11.8 Å². The summed E-state index contributed by atoms with van der Waals surface area (Å²) in [6, 6.07) is 18.2. The van der Waals surface area contributed by atoms with Crippen LogP contribution in [0.1, 0.15) is 13.8 Å². The summed E-state index contributed by atoms with van der Waals surface area (Å²) in [6.07, 6.45) is 0. The van der Waals surface area contributed by atoms with E-state index in [4.69, 9.17) is 0 Å². The molecule has 0 unspecified atom stereocenters. The second-order valence-corrected chi connectivity index (χ2v) is 6.01. The average Bonchev–Trinajstić information content (AvgIpc) is 2.64. The molecule has 0 fully saturated rings. The molecule has 0 radical (unpaired) electrons. The number of carbonyl (C=O) groups excluding carboxylic acids is 1. The van der Waals surface area contributed by atoms with Crippen LogP contribution in [0.25, 0.3) is 10.8 Å². The summed E-state index contributed by atoms with van der Waals surface area (Å²) in [6.45, 7) is 6.12. The number of aromatic hydroxyl groups is 1. The van der Waals surface area contributed by atoms with Crippen LogP contribution in [0.15, 0.2) is 60.7 Å². The van der Waals surface area contributed by atoms with Gasteiger partial charge in [0, 0.05) is 29.9 Å². The van der Waals surface area contributed by atoms with E-state index in [2.05, 4.69) is 29.4 Å². The van der Waals surface area contributed by atoms with Crippen LogP contribution in [0.4, 0.5) is 21.9 Å². The topological polar surface area (TPSA) is 64.6 Å². The summed E-state index contributed by atoms with van der Waals surface area (Å²) < 4.78 is 0. The van der Waals surface area contributed by atoms with Crippen molar-refractivity contribution in [2.75, 3.05) is 28.6 Å². The number of anilines is 3. The number of hydrogen-bond acceptors (Lipinski definition) is 3. The number of phenolic OH excluding ortho intramolecular Hbond substituents is 1. The van der Waals surface area contributed by atoms with Crippen molar-refractivity contribution in [1.29, 1.82) is 0 Å². The number of amides is 2. The number of hydrogen-bond donors (Lipinski definition) is 3. The molecule has 26 heavy (non-hydrogen) atoms. The molecular weight excluding hydrogens is 326 g/mol. The number of urea groups is 1. The second-order valence-electron chi connectivity index (χ2n) is 6.01. The Hall–Kier alpha value is -3.21. The van der Waals surface area contributed by atoms with Crippen molar-refractivity contribution in [2.45, 2.75) is 13.8 Å². The van der Waals surface area contributed by atoms with E-state index in [0.717, 1.165) is 35.2 Å². The number of nitrogens with zero attached hydrogens (tertiary/aromatic N) is 1. The van der Waals surface area contributed by atoms with E-state index in [1.54, 1.807) is 12.1 Å². The summed E-state index contributed by atoms with van der Waals surface area (Å²) >= 11 is 0. The molecule has 5 heteroatoms. The Labute approximate surface area is 153 Å². The predicted octanol–water partition coefficient (Wildman–Crippen LogP) is 5.04. The van der Waals surface area contributed by atoms with E-state index in [1.807, 2.05) is 48.5 Å². The lowest BCUT2D eigenvalue weighted by atomic mass is 10.1. The molecule has 3 rings (SSSR count). The number of fused-ring (bicyclic) bond motifs is 1. The van der Waals surface area contributed by atoms with Gasteiger partial charge in [0.2, 0.25) is 0 Å². The Balaban J connectivity index is 1.72. The van der Waals surface area contributed by atoms with Gasteiger partial charge in [0.1, 0.15) is 5.75 Å². The molecule has 3 N–H and O–H groups in total. The fourth-order valence-corrected chi connectivity index (χ4v) is 3.00. The van der Waals surface area contributed by atoms with E-state index < -0.39 is 0 Å². The van der Waals surface area contributed by atoms with Crippen LogP contribution in [0, 0.1) is 0 Å². The SMILES string of the molecule is CCN(CC)c1ccc(NC(=O)Nc2cccc3ccc(O)cc23)cc1. The maximum Gasteiger partial charge on any atom is 0.323 e. The molecule has 2 amide bonds. The standard InChI is InChI=1S/C21H23N3O2/c1-3-24(4-2)17-11-9-16(10-12-17)22-21(26)23-20-7-5-6-15-8-13-18(25)14-19(15)20/h5-14,25H,3-4H2,1-2H3,(H2,22,23,26). The number of rotatable bonds is 5. The molecule has 5 nitrogen and oxygen atoms in total. The van der Waals surface area contributed by atoms with Crippen molar-refractivity contribution in [2.24, 2.45) is 0 Å². The molecule has 0 aliphatic carbocycles.